The van der Waals surface area contributed by atoms with Crippen LogP contribution in [0, 0.1) is 5.92 Å². The van der Waals surface area contributed by atoms with Crippen molar-refractivity contribution in [3.8, 4) is 28.8 Å². The minimum Gasteiger partial charge on any atom is -0.492 e. The smallest absolute Gasteiger partial charge is 0.263 e. The fourth-order valence-electron chi connectivity index (χ4n) is 3.86. The average Bonchev–Trinajstić information content (AvgIpc) is 3.60. The monoisotopic (exact) mass is 516 g/mol. The van der Waals surface area contributed by atoms with E-state index in [4.69, 9.17) is 35.4 Å². The Labute approximate surface area is 213 Å². The Balaban J connectivity index is 1.31. The van der Waals surface area contributed by atoms with Crippen LogP contribution in [-0.2, 0) is 11.4 Å². The highest BCUT2D eigenvalue weighted by Crippen LogP contribution is 2.34. The Hall–Kier alpha value is -3.37. The van der Waals surface area contributed by atoms with Crippen molar-refractivity contribution >= 4 is 17.5 Å². The number of hydrogen-bond acceptors (Lipinski definition) is 9. The Kier molecular flexibility index (Phi) is 9.34. The summed E-state index contributed by atoms with van der Waals surface area (Å²) in [6.45, 7) is 0.850. The number of carbonyl (C=O) groups is 1. The Morgan fingerprint density at radius 2 is 1.94 bits per heavy atom. The molecular formula is C25H29ClN4O6. The molecular weight excluding hydrogens is 488 g/mol. The molecule has 1 aromatic carbocycles. The van der Waals surface area contributed by atoms with Crippen LogP contribution >= 0.6 is 11.6 Å². The number of rotatable bonds is 13. The van der Waals surface area contributed by atoms with Crippen molar-refractivity contribution in [2.24, 2.45) is 5.92 Å². The molecule has 0 saturated heterocycles. The third-order valence-electron chi connectivity index (χ3n) is 5.73. The van der Waals surface area contributed by atoms with Crippen molar-refractivity contribution in [1.82, 2.24) is 20.4 Å². The summed E-state index contributed by atoms with van der Waals surface area (Å²) >= 11 is 6.43. The van der Waals surface area contributed by atoms with Gasteiger partial charge in [0.05, 0.1) is 13.2 Å². The van der Waals surface area contributed by atoms with Crippen LogP contribution in [0.1, 0.15) is 37.9 Å². The predicted molar refractivity (Wildman–Crippen MR) is 131 cm³/mol. The first-order valence-corrected chi connectivity index (χ1v) is 12.3. The summed E-state index contributed by atoms with van der Waals surface area (Å²) in [5.41, 5.74) is 0.637. The number of halogens is 1. The van der Waals surface area contributed by atoms with Gasteiger partial charge in [0.25, 0.3) is 5.89 Å². The molecule has 1 amide bonds. The van der Waals surface area contributed by atoms with Crippen molar-refractivity contribution in [1.29, 1.82) is 0 Å². The standard InChI is InChI=1S/C25H29ClN4O6/c26-23-19(33-13-5-12-27-22(32)14-31)9-3-10-20(23)34-16-21-29-25(36-30-21)18-8-4-11-28-24(18)35-15-17-6-1-2-7-17/h3-4,8-11,17,31H,1-2,5-7,12-16H2,(H,27,32). The zero-order chi connectivity index (χ0) is 25.2. The molecule has 10 nitrogen and oxygen atoms in total. The van der Waals surface area contributed by atoms with Gasteiger partial charge in [-0.15, -0.1) is 0 Å². The lowest BCUT2D eigenvalue weighted by atomic mass is 10.1. The lowest BCUT2D eigenvalue weighted by Gasteiger charge is -2.12. The molecule has 4 rings (SSSR count). The van der Waals surface area contributed by atoms with Crippen molar-refractivity contribution in [3.63, 3.8) is 0 Å². The lowest BCUT2D eigenvalue weighted by molar-refractivity contribution is -0.123. The second-order valence-electron chi connectivity index (χ2n) is 8.40. The number of hydrogen-bond donors (Lipinski definition) is 2. The van der Waals surface area contributed by atoms with E-state index in [2.05, 4.69) is 20.4 Å². The zero-order valence-electron chi connectivity index (χ0n) is 19.8. The fourth-order valence-corrected chi connectivity index (χ4v) is 4.09. The summed E-state index contributed by atoms with van der Waals surface area (Å²) in [7, 11) is 0. The Morgan fingerprint density at radius 3 is 2.75 bits per heavy atom. The molecule has 2 aromatic heterocycles. The molecule has 0 spiro atoms. The van der Waals surface area contributed by atoms with Crippen LogP contribution in [0.3, 0.4) is 0 Å². The SMILES string of the molecule is O=C(CO)NCCCOc1cccc(OCc2noc(-c3cccnc3OCC3CCCC3)n2)c1Cl. The lowest BCUT2D eigenvalue weighted by Crippen LogP contribution is -2.27. The molecule has 0 radical (unpaired) electrons. The van der Waals surface area contributed by atoms with Crippen molar-refractivity contribution in [3.05, 3.63) is 47.4 Å². The molecule has 1 saturated carbocycles. The number of aliphatic hydroxyl groups excluding tert-OH is 1. The van der Waals surface area contributed by atoms with E-state index in [1.165, 1.54) is 25.7 Å². The highest BCUT2D eigenvalue weighted by Gasteiger charge is 2.19. The topological polar surface area (TPSA) is 129 Å². The van der Waals surface area contributed by atoms with Crippen molar-refractivity contribution in [2.45, 2.75) is 38.7 Å². The molecule has 1 aliphatic carbocycles. The van der Waals surface area contributed by atoms with Crippen LogP contribution in [0.2, 0.25) is 5.02 Å². The van der Waals surface area contributed by atoms with Crippen LogP contribution in [0.4, 0.5) is 0 Å². The molecule has 0 unspecified atom stereocenters. The van der Waals surface area contributed by atoms with Gasteiger partial charge in [-0.25, -0.2) is 4.98 Å². The minimum atomic E-state index is -0.536. The van der Waals surface area contributed by atoms with Crippen molar-refractivity contribution < 1.29 is 28.6 Å². The number of aliphatic hydroxyl groups is 1. The number of nitrogens with one attached hydrogen (secondary N) is 1. The van der Waals surface area contributed by atoms with Crippen LogP contribution < -0.4 is 19.5 Å². The van der Waals surface area contributed by atoms with E-state index in [1.807, 2.05) is 6.07 Å². The molecule has 1 fully saturated rings. The molecule has 0 aliphatic heterocycles. The van der Waals surface area contributed by atoms with E-state index < -0.39 is 12.5 Å². The number of nitrogens with zero attached hydrogens (tertiary/aromatic N) is 3. The van der Waals surface area contributed by atoms with E-state index in [0.29, 0.717) is 71.8 Å². The van der Waals surface area contributed by atoms with Gasteiger partial charge in [0.2, 0.25) is 17.6 Å². The van der Waals surface area contributed by atoms with Gasteiger partial charge in [-0.05, 0) is 49.4 Å². The number of pyridine rings is 1. The summed E-state index contributed by atoms with van der Waals surface area (Å²) < 4.78 is 22.9. The van der Waals surface area contributed by atoms with Crippen LogP contribution in [-0.4, -0.2) is 52.5 Å². The van der Waals surface area contributed by atoms with Gasteiger partial charge >= 0.3 is 0 Å². The van der Waals surface area contributed by atoms with Gasteiger partial charge < -0.3 is 29.2 Å². The maximum absolute atomic E-state index is 11.0. The van der Waals surface area contributed by atoms with Gasteiger partial charge in [-0.2, -0.15) is 4.98 Å². The predicted octanol–water partition coefficient (Wildman–Crippen LogP) is 3.81. The molecule has 3 aromatic rings. The molecule has 2 heterocycles. The van der Waals surface area contributed by atoms with Gasteiger partial charge in [0, 0.05) is 12.7 Å². The third-order valence-corrected chi connectivity index (χ3v) is 6.10. The number of amides is 1. The first kappa shape index (κ1) is 25.7. The Bertz CT molecular complexity index is 1140. The molecule has 11 heteroatoms. The molecule has 36 heavy (non-hydrogen) atoms. The molecule has 192 valence electrons. The summed E-state index contributed by atoms with van der Waals surface area (Å²) in [4.78, 5) is 19.8. The highest BCUT2D eigenvalue weighted by atomic mass is 35.5. The van der Waals surface area contributed by atoms with E-state index in [1.54, 1.807) is 30.5 Å². The molecule has 2 N–H and O–H groups in total. The summed E-state index contributed by atoms with van der Waals surface area (Å²) in [5, 5.41) is 15.6. The van der Waals surface area contributed by atoms with Crippen molar-refractivity contribution in [2.75, 3.05) is 26.4 Å². The van der Waals surface area contributed by atoms with Gasteiger partial charge in [0.1, 0.15) is 28.7 Å². The average molecular weight is 517 g/mol. The number of ether oxygens (including phenoxy) is 3. The first-order chi connectivity index (χ1) is 17.6. The van der Waals surface area contributed by atoms with E-state index >= 15 is 0 Å². The first-order valence-electron chi connectivity index (χ1n) is 12.0. The normalized spacial score (nSPS) is 13.5. The number of carbonyl (C=O) groups excluding carboxylic acids is 1. The zero-order valence-corrected chi connectivity index (χ0v) is 20.6. The summed E-state index contributed by atoms with van der Waals surface area (Å²) in [6, 6.07) is 8.83. The van der Waals surface area contributed by atoms with Gasteiger partial charge in [-0.3, -0.25) is 4.79 Å². The number of benzene rings is 1. The quantitative estimate of drug-likeness (QED) is 0.326. The highest BCUT2D eigenvalue weighted by molar-refractivity contribution is 6.33. The Morgan fingerprint density at radius 1 is 1.14 bits per heavy atom. The number of aromatic nitrogens is 3. The summed E-state index contributed by atoms with van der Waals surface area (Å²) in [5.74, 6) is 2.13. The van der Waals surface area contributed by atoms with Crippen LogP contribution in [0.25, 0.3) is 11.5 Å². The van der Waals surface area contributed by atoms with Gasteiger partial charge in [-0.1, -0.05) is 35.7 Å². The second kappa shape index (κ2) is 13.1. The third kappa shape index (κ3) is 7.08. The van der Waals surface area contributed by atoms with E-state index in [0.717, 1.165) is 0 Å². The fraction of sp³-hybridized carbons (Fsp3) is 0.440. The minimum absolute atomic E-state index is 0.0401. The van der Waals surface area contributed by atoms with Gasteiger partial charge in [0.15, 0.2) is 6.61 Å². The largest absolute Gasteiger partial charge is 0.492 e. The molecule has 0 atom stereocenters. The van der Waals surface area contributed by atoms with Crippen LogP contribution in [0.5, 0.6) is 17.4 Å². The second-order valence-corrected chi connectivity index (χ2v) is 8.78. The summed E-state index contributed by atoms with van der Waals surface area (Å²) in [6.07, 6.45) is 7.10. The van der Waals surface area contributed by atoms with Crippen LogP contribution in [0.15, 0.2) is 41.1 Å². The van der Waals surface area contributed by atoms with E-state index in [-0.39, 0.29) is 6.61 Å². The molecule has 0 bridgehead atoms. The maximum Gasteiger partial charge on any atom is 0.263 e. The molecule has 1 aliphatic rings. The maximum atomic E-state index is 11.0. The van der Waals surface area contributed by atoms with E-state index in [9.17, 15) is 4.79 Å².